The molecule has 4 heteroatoms. The van der Waals surface area contributed by atoms with Crippen LogP contribution in [0.15, 0.2) is 18.2 Å². The second kappa shape index (κ2) is 2.77. The van der Waals surface area contributed by atoms with Gasteiger partial charge in [0.05, 0.1) is 11.1 Å². The molecule has 4 nitrogen and oxygen atoms in total. The number of carbonyl (C=O) groups is 3. The maximum Gasteiger partial charge on any atom is 0.346 e. The van der Waals surface area contributed by atoms with Crippen molar-refractivity contribution >= 4 is 17.7 Å². The minimum Gasteiger partial charge on any atom is -0.386 e. The number of hydrogen-bond donors (Lipinski definition) is 0. The van der Waals surface area contributed by atoms with Crippen molar-refractivity contribution in [2.75, 3.05) is 0 Å². The minimum absolute atomic E-state index is 0.162. The van der Waals surface area contributed by atoms with Gasteiger partial charge in [-0.05, 0) is 25.1 Å². The molecule has 0 spiro atoms. The summed E-state index contributed by atoms with van der Waals surface area (Å²) in [6.45, 7) is 1.36. The van der Waals surface area contributed by atoms with Gasteiger partial charge in [0, 0.05) is 5.56 Å². The van der Waals surface area contributed by atoms with E-state index in [9.17, 15) is 14.4 Å². The summed E-state index contributed by atoms with van der Waals surface area (Å²) < 4.78 is 4.43. The molecule has 1 aromatic carbocycles. The van der Waals surface area contributed by atoms with Crippen molar-refractivity contribution in [1.82, 2.24) is 0 Å². The van der Waals surface area contributed by atoms with Crippen LogP contribution < -0.4 is 0 Å². The normalized spacial score (nSPS) is 13.8. The van der Waals surface area contributed by atoms with Gasteiger partial charge in [-0.2, -0.15) is 0 Å². The maximum absolute atomic E-state index is 11.2. The highest BCUT2D eigenvalue weighted by Gasteiger charge is 2.26. The van der Waals surface area contributed by atoms with Crippen LogP contribution in [-0.2, 0) is 4.74 Å². The van der Waals surface area contributed by atoms with Crippen molar-refractivity contribution in [1.29, 1.82) is 0 Å². The molecule has 0 fully saturated rings. The average Bonchev–Trinajstić information content (AvgIpc) is 2.14. The second-order valence-corrected chi connectivity index (χ2v) is 2.99. The van der Waals surface area contributed by atoms with E-state index in [0.29, 0.717) is 5.56 Å². The topological polar surface area (TPSA) is 60.4 Å². The highest BCUT2D eigenvalue weighted by Crippen LogP contribution is 2.19. The Hall–Kier alpha value is -1.97. The molecule has 2 rings (SSSR count). The molecule has 0 amide bonds. The molecule has 1 aromatic rings. The standard InChI is InChI=1S/C10H6O4/c1-5(11)7-3-2-6-4-8(7)10(13)14-9(6)12/h2-4H,1H3. The fraction of sp³-hybridized carbons (Fsp3) is 0.100. The zero-order valence-corrected chi connectivity index (χ0v) is 7.37. The van der Waals surface area contributed by atoms with Gasteiger partial charge < -0.3 is 4.74 Å². The number of cyclic esters (lactones) is 2. The van der Waals surface area contributed by atoms with Crippen molar-refractivity contribution in [2.45, 2.75) is 6.92 Å². The average molecular weight is 190 g/mol. The van der Waals surface area contributed by atoms with E-state index in [-0.39, 0.29) is 16.9 Å². The molecule has 1 aliphatic rings. The van der Waals surface area contributed by atoms with Crippen molar-refractivity contribution in [3.05, 3.63) is 34.9 Å². The van der Waals surface area contributed by atoms with Crippen molar-refractivity contribution in [3.8, 4) is 0 Å². The summed E-state index contributed by atoms with van der Waals surface area (Å²) in [4.78, 5) is 33.3. The fourth-order valence-corrected chi connectivity index (χ4v) is 1.35. The van der Waals surface area contributed by atoms with E-state index in [2.05, 4.69) is 4.74 Å². The molecule has 70 valence electrons. The molecular weight excluding hydrogens is 184 g/mol. The summed E-state index contributed by atoms with van der Waals surface area (Å²) in [5.74, 6) is -1.65. The first-order valence-corrected chi connectivity index (χ1v) is 4.01. The summed E-state index contributed by atoms with van der Waals surface area (Å²) in [5.41, 5.74) is 0.741. The Bertz CT molecular complexity index is 459. The lowest BCUT2D eigenvalue weighted by Crippen LogP contribution is -2.21. The number of rotatable bonds is 1. The number of ether oxygens (including phenoxy) is 1. The van der Waals surface area contributed by atoms with Crippen molar-refractivity contribution < 1.29 is 19.1 Å². The van der Waals surface area contributed by atoms with E-state index in [0.717, 1.165) is 0 Å². The first-order valence-electron chi connectivity index (χ1n) is 4.01. The Morgan fingerprint density at radius 3 is 2.57 bits per heavy atom. The lowest BCUT2D eigenvalue weighted by molar-refractivity contribution is 0.0382. The maximum atomic E-state index is 11.2. The monoisotopic (exact) mass is 190 g/mol. The van der Waals surface area contributed by atoms with Crippen molar-refractivity contribution in [3.63, 3.8) is 0 Å². The zero-order valence-electron chi connectivity index (χ0n) is 7.37. The van der Waals surface area contributed by atoms with Crippen LogP contribution in [-0.4, -0.2) is 17.7 Å². The van der Waals surface area contributed by atoms with Gasteiger partial charge in [-0.25, -0.2) is 9.59 Å². The number of ketones is 1. The predicted octanol–water partition coefficient (Wildman–Crippen LogP) is 1.20. The number of esters is 2. The van der Waals surface area contributed by atoms with Gasteiger partial charge in [0.15, 0.2) is 5.78 Å². The Kier molecular flexibility index (Phi) is 1.70. The van der Waals surface area contributed by atoms with Crippen LogP contribution in [0.3, 0.4) is 0 Å². The van der Waals surface area contributed by atoms with Crippen molar-refractivity contribution in [2.24, 2.45) is 0 Å². The highest BCUT2D eigenvalue weighted by molar-refractivity contribution is 6.13. The molecule has 14 heavy (non-hydrogen) atoms. The smallest absolute Gasteiger partial charge is 0.346 e. The molecule has 0 atom stereocenters. The third kappa shape index (κ3) is 1.12. The molecule has 1 aliphatic heterocycles. The Morgan fingerprint density at radius 1 is 1.21 bits per heavy atom. The summed E-state index contributed by atoms with van der Waals surface area (Å²) in [6, 6.07) is 4.31. The Morgan fingerprint density at radius 2 is 1.93 bits per heavy atom. The van der Waals surface area contributed by atoms with Gasteiger partial charge in [0.2, 0.25) is 0 Å². The van der Waals surface area contributed by atoms with Gasteiger partial charge in [-0.15, -0.1) is 0 Å². The summed E-state index contributed by atoms with van der Waals surface area (Å²) in [6.07, 6.45) is 0. The number of hydrogen-bond acceptors (Lipinski definition) is 4. The number of Topliss-reactive ketones (excluding diaryl/α,β-unsaturated/α-hetero) is 1. The van der Waals surface area contributed by atoms with Gasteiger partial charge >= 0.3 is 11.9 Å². The molecular formula is C10H6O4. The lowest BCUT2D eigenvalue weighted by Gasteiger charge is -2.12. The fourth-order valence-electron chi connectivity index (χ4n) is 1.35. The molecule has 0 aromatic heterocycles. The summed E-state index contributed by atoms with van der Waals surface area (Å²) in [7, 11) is 0. The first kappa shape index (κ1) is 8.62. The number of fused-ring (bicyclic) bond motifs is 2. The van der Waals surface area contributed by atoms with E-state index >= 15 is 0 Å². The molecule has 0 radical (unpaired) electrons. The first-order chi connectivity index (χ1) is 6.59. The van der Waals surface area contributed by atoms with E-state index in [1.807, 2.05) is 0 Å². The number of carbonyl (C=O) groups excluding carboxylic acids is 3. The van der Waals surface area contributed by atoms with Crippen LogP contribution in [0.4, 0.5) is 0 Å². The Labute approximate surface area is 79.5 Å². The predicted molar refractivity (Wildman–Crippen MR) is 46.2 cm³/mol. The third-order valence-corrected chi connectivity index (χ3v) is 2.04. The minimum atomic E-state index is -0.756. The van der Waals surface area contributed by atoms with E-state index < -0.39 is 11.9 Å². The number of benzene rings is 1. The third-order valence-electron chi connectivity index (χ3n) is 2.04. The van der Waals surface area contributed by atoms with Crippen LogP contribution in [0.2, 0.25) is 0 Å². The van der Waals surface area contributed by atoms with E-state index in [1.165, 1.54) is 25.1 Å². The van der Waals surface area contributed by atoms with Gasteiger partial charge in [-0.1, -0.05) is 0 Å². The molecule has 0 unspecified atom stereocenters. The largest absolute Gasteiger partial charge is 0.386 e. The van der Waals surface area contributed by atoms with Crippen LogP contribution >= 0.6 is 0 Å². The molecule has 1 heterocycles. The quantitative estimate of drug-likeness (QED) is 0.379. The molecule has 0 saturated carbocycles. The van der Waals surface area contributed by atoms with Gasteiger partial charge in [-0.3, -0.25) is 4.79 Å². The molecule has 0 aliphatic carbocycles. The van der Waals surface area contributed by atoms with Gasteiger partial charge in [0.1, 0.15) is 0 Å². The lowest BCUT2D eigenvalue weighted by atomic mass is 9.99. The van der Waals surface area contributed by atoms with Crippen LogP contribution in [0.1, 0.15) is 38.0 Å². The van der Waals surface area contributed by atoms with E-state index in [1.54, 1.807) is 0 Å². The van der Waals surface area contributed by atoms with Crippen LogP contribution in [0.25, 0.3) is 0 Å². The highest BCUT2D eigenvalue weighted by atomic mass is 16.6. The molecule has 0 saturated heterocycles. The Balaban J connectivity index is 2.68. The van der Waals surface area contributed by atoms with Gasteiger partial charge in [0.25, 0.3) is 0 Å². The summed E-state index contributed by atoms with van der Waals surface area (Å²) >= 11 is 0. The van der Waals surface area contributed by atoms with E-state index in [4.69, 9.17) is 0 Å². The van der Waals surface area contributed by atoms with Crippen LogP contribution in [0, 0.1) is 0 Å². The summed E-state index contributed by atoms with van der Waals surface area (Å²) in [5, 5.41) is 0. The van der Waals surface area contributed by atoms with Crippen LogP contribution in [0.5, 0.6) is 0 Å². The molecule has 2 bridgehead atoms. The molecule has 0 N–H and O–H groups in total. The SMILES string of the molecule is CC(=O)c1ccc2cc1C(=O)OC2=O. The second-order valence-electron chi connectivity index (χ2n) is 2.99. The zero-order chi connectivity index (χ0) is 10.3.